The fourth-order valence-corrected chi connectivity index (χ4v) is 2.85. The summed E-state index contributed by atoms with van der Waals surface area (Å²) in [4.78, 5) is 4.57. The molecule has 100 valence electrons. The lowest BCUT2D eigenvalue weighted by Crippen LogP contribution is -2.12. The van der Waals surface area contributed by atoms with Crippen LogP contribution < -0.4 is 5.73 Å². The monoisotopic (exact) mass is 275 g/mol. The Labute approximate surface area is 116 Å². The van der Waals surface area contributed by atoms with Gasteiger partial charge in [-0.05, 0) is 18.6 Å². The van der Waals surface area contributed by atoms with E-state index in [1.165, 1.54) is 0 Å². The van der Waals surface area contributed by atoms with Crippen LogP contribution in [0.4, 0.5) is 0 Å². The highest BCUT2D eigenvalue weighted by Gasteiger charge is 2.10. The van der Waals surface area contributed by atoms with Crippen LogP contribution in [0.1, 0.15) is 18.9 Å². The number of hydrogen-bond donors (Lipinski definition) is 3. The lowest BCUT2D eigenvalue weighted by Gasteiger charge is -2.11. The Morgan fingerprint density at radius 3 is 2.89 bits per heavy atom. The summed E-state index contributed by atoms with van der Waals surface area (Å²) in [6.45, 7) is 2.21. The van der Waals surface area contributed by atoms with Crippen molar-refractivity contribution in [3.05, 3.63) is 35.9 Å². The summed E-state index contributed by atoms with van der Waals surface area (Å²) < 4.78 is 0. The van der Waals surface area contributed by atoms with Crippen molar-refractivity contribution >= 4 is 28.5 Å². The minimum absolute atomic E-state index is 0.0512. The number of nitrogens with one attached hydrogen (secondary N) is 1. The zero-order valence-electron chi connectivity index (χ0n) is 10.8. The fourth-order valence-electron chi connectivity index (χ4n) is 1.88. The molecule has 0 radical (unpaired) electrons. The summed E-state index contributed by atoms with van der Waals surface area (Å²) in [5.41, 5.74) is 7.20. The summed E-state index contributed by atoms with van der Waals surface area (Å²) in [6, 6.07) is 9.53. The third-order valence-electron chi connectivity index (χ3n) is 2.84. The van der Waals surface area contributed by atoms with Crippen LogP contribution in [0.5, 0.6) is 0 Å². The number of rotatable bonds is 5. The lowest BCUT2D eigenvalue weighted by atomic mass is 10.1. The average Bonchev–Trinajstić information content (AvgIpc) is 2.37. The number of nitrogens with two attached hydrogens (primary N) is 1. The molecule has 2 rings (SSSR count). The number of aliphatic hydroxyl groups excluding tert-OH is 1. The molecule has 4 nitrogen and oxygen atoms in total. The molecule has 1 atom stereocenters. The molecule has 0 spiro atoms. The number of aromatic nitrogens is 1. The molecule has 4 N–H and O–H groups in total. The van der Waals surface area contributed by atoms with Crippen molar-refractivity contribution in [2.75, 3.05) is 6.61 Å². The van der Waals surface area contributed by atoms with E-state index < -0.39 is 0 Å². The first-order valence-electron chi connectivity index (χ1n) is 6.13. The van der Waals surface area contributed by atoms with Crippen molar-refractivity contribution < 1.29 is 5.11 Å². The van der Waals surface area contributed by atoms with Gasteiger partial charge in [0.15, 0.2) is 0 Å². The predicted molar refractivity (Wildman–Crippen MR) is 79.8 cm³/mol. The Morgan fingerprint density at radius 1 is 1.47 bits per heavy atom. The maximum absolute atomic E-state index is 8.94. The summed E-state index contributed by atoms with van der Waals surface area (Å²) in [6.07, 6.45) is 0.717. The zero-order chi connectivity index (χ0) is 13.8. The van der Waals surface area contributed by atoms with Crippen LogP contribution in [0.25, 0.3) is 10.9 Å². The molecule has 0 amide bonds. The number of benzene rings is 1. The molecule has 5 heteroatoms. The van der Waals surface area contributed by atoms with Gasteiger partial charge in [0.2, 0.25) is 0 Å². The SMILES string of the molecule is CC(CCO)Sc1cc(C(=N)N)c2ccccc2n1. The summed E-state index contributed by atoms with van der Waals surface area (Å²) in [5, 5.41) is 18.6. The van der Waals surface area contributed by atoms with E-state index >= 15 is 0 Å². The van der Waals surface area contributed by atoms with E-state index in [0.717, 1.165) is 15.9 Å². The van der Waals surface area contributed by atoms with Crippen LogP contribution in [-0.4, -0.2) is 27.8 Å². The highest BCUT2D eigenvalue weighted by Crippen LogP contribution is 2.27. The first kappa shape index (κ1) is 13.8. The average molecular weight is 275 g/mol. The molecule has 0 saturated heterocycles. The number of nitrogen functional groups attached to an aromatic ring is 1. The van der Waals surface area contributed by atoms with E-state index in [4.69, 9.17) is 16.2 Å². The maximum Gasteiger partial charge on any atom is 0.123 e. The zero-order valence-corrected chi connectivity index (χ0v) is 11.6. The van der Waals surface area contributed by atoms with E-state index in [9.17, 15) is 0 Å². The number of pyridine rings is 1. The van der Waals surface area contributed by atoms with Gasteiger partial charge in [-0.2, -0.15) is 0 Å². The van der Waals surface area contributed by atoms with Crippen molar-refractivity contribution in [2.45, 2.75) is 23.6 Å². The van der Waals surface area contributed by atoms with E-state index in [1.54, 1.807) is 11.8 Å². The number of thioether (sulfide) groups is 1. The predicted octanol–water partition coefficient (Wildman–Crippen LogP) is 2.38. The van der Waals surface area contributed by atoms with Gasteiger partial charge in [-0.1, -0.05) is 25.1 Å². The van der Waals surface area contributed by atoms with Crippen molar-refractivity contribution in [3.63, 3.8) is 0 Å². The van der Waals surface area contributed by atoms with Crippen molar-refractivity contribution in [2.24, 2.45) is 5.73 Å². The molecule has 0 fully saturated rings. The van der Waals surface area contributed by atoms with E-state index in [2.05, 4.69) is 4.98 Å². The van der Waals surface area contributed by atoms with Crippen molar-refractivity contribution in [1.82, 2.24) is 4.98 Å². The van der Waals surface area contributed by atoms with E-state index in [0.29, 0.717) is 12.0 Å². The number of para-hydroxylation sites is 1. The standard InChI is InChI=1S/C14H17N3OS/c1-9(6-7-18)19-13-8-11(14(15)16)10-4-2-3-5-12(10)17-13/h2-5,8-9,18H,6-7H2,1H3,(H3,15,16). The van der Waals surface area contributed by atoms with Crippen molar-refractivity contribution in [3.8, 4) is 0 Å². The molecule has 19 heavy (non-hydrogen) atoms. The molecular formula is C14H17N3OS. The summed E-state index contributed by atoms with van der Waals surface area (Å²) in [7, 11) is 0. The van der Waals surface area contributed by atoms with Crippen LogP contribution in [0.15, 0.2) is 35.4 Å². The van der Waals surface area contributed by atoms with Gasteiger partial charge in [-0.3, -0.25) is 5.41 Å². The number of hydrogen-bond acceptors (Lipinski definition) is 4. The van der Waals surface area contributed by atoms with Gasteiger partial charge in [0.05, 0.1) is 10.5 Å². The van der Waals surface area contributed by atoms with E-state index in [-0.39, 0.29) is 17.7 Å². The summed E-state index contributed by atoms with van der Waals surface area (Å²) >= 11 is 1.59. The molecule has 1 aromatic heterocycles. The first-order chi connectivity index (χ1) is 9.11. The van der Waals surface area contributed by atoms with E-state index in [1.807, 2.05) is 37.3 Å². The lowest BCUT2D eigenvalue weighted by molar-refractivity contribution is 0.289. The second-order valence-corrected chi connectivity index (χ2v) is 5.84. The molecule has 1 aromatic carbocycles. The highest BCUT2D eigenvalue weighted by molar-refractivity contribution is 7.99. The Bertz CT molecular complexity index is 600. The van der Waals surface area contributed by atoms with Crippen LogP contribution in [0.3, 0.4) is 0 Å². The van der Waals surface area contributed by atoms with Gasteiger partial charge >= 0.3 is 0 Å². The number of nitrogens with zero attached hydrogens (tertiary/aromatic N) is 1. The minimum atomic E-state index is 0.0512. The number of aliphatic hydroxyl groups is 1. The molecular weight excluding hydrogens is 258 g/mol. The Morgan fingerprint density at radius 2 is 2.21 bits per heavy atom. The largest absolute Gasteiger partial charge is 0.396 e. The smallest absolute Gasteiger partial charge is 0.123 e. The normalized spacial score (nSPS) is 12.5. The first-order valence-corrected chi connectivity index (χ1v) is 7.01. The van der Waals surface area contributed by atoms with Gasteiger partial charge in [0.1, 0.15) is 5.84 Å². The second kappa shape index (κ2) is 6.04. The van der Waals surface area contributed by atoms with Crippen LogP contribution in [0.2, 0.25) is 0 Å². The highest BCUT2D eigenvalue weighted by atomic mass is 32.2. The quantitative estimate of drug-likeness (QED) is 0.444. The fraction of sp³-hybridized carbons (Fsp3) is 0.286. The number of fused-ring (bicyclic) bond motifs is 1. The Kier molecular flexibility index (Phi) is 4.39. The molecule has 0 saturated carbocycles. The third kappa shape index (κ3) is 3.24. The van der Waals surface area contributed by atoms with Crippen LogP contribution in [0, 0.1) is 5.41 Å². The Balaban J connectivity index is 2.43. The third-order valence-corrected chi connectivity index (χ3v) is 3.93. The van der Waals surface area contributed by atoms with Crippen LogP contribution >= 0.6 is 11.8 Å². The molecule has 0 bridgehead atoms. The minimum Gasteiger partial charge on any atom is -0.396 e. The number of amidine groups is 1. The molecule has 2 aromatic rings. The molecule has 0 aliphatic carbocycles. The van der Waals surface area contributed by atoms with Gasteiger partial charge in [0, 0.05) is 22.8 Å². The molecule has 1 heterocycles. The topological polar surface area (TPSA) is 83.0 Å². The molecule has 0 aliphatic heterocycles. The van der Waals surface area contributed by atoms with Gasteiger partial charge in [-0.25, -0.2) is 4.98 Å². The molecule has 0 aliphatic rings. The van der Waals surface area contributed by atoms with Crippen LogP contribution in [-0.2, 0) is 0 Å². The molecule has 1 unspecified atom stereocenters. The Hall–Kier alpha value is -1.59. The maximum atomic E-state index is 8.94. The van der Waals surface area contributed by atoms with Gasteiger partial charge < -0.3 is 10.8 Å². The summed E-state index contributed by atoms with van der Waals surface area (Å²) in [5.74, 6) is 0.0512. The second-order valence-electron chi connectivity index (χ2n) is 4.38. The van der Waals surface area contributed by atoms with Gasteiger partial charge in [-0.15, -0.1) is 11.8 Å². The van der Waals surface area contributed by atoms with Crippen molar-refractivity contribution in [1.29, 1.82) is 5.41 Å². The van der Waals surface area contributed by atoms with Gasteiger partial charge in [0.25, 0.3) is 0 Å².